The zero-order chi connectivity index (χ0) is 17.0. The second kappa shape index (κ2) is 6.84. The Labute approximate surface area is 130 Å². The third-order valence-electron chi connectivity index (χ3n) is 3.36. The first-order chi connectivity index (χ1) is 10.8. The number of hydrogen-bond acceptors (Lipinski definition) is 4. The van der Waals surface area contributed by atoms with Crippen LogP contribution < -0.4 is 5.32 Å². The molecule has 1 aliphatic heterocycles. The number of ether oxygens (including phenoxy) is 1. The predicted molar refractivity (Wildman–Crippen MR) is 73.8 cm³/mol. The number of nitrogens with one attached hydrogen (secondary N) is 1. The van der Waals surface area contributed by atoms with Gasteiger partial charge >= 0.3 is 12.3 Å². The molecular formula is C14H16F3N3O3. The minimum absolute atomic E-state index is 0.107. The molecule has 6 nitrogen and oxygen atoms in total. The van der Waals surface area contributed by atoms with Crippen LogP contribution in [-0.2, 0) is 17.7 Å². The monoisotopic (exact) mass is 331 g/mol. The Balaban J connectivity index is 2.13. The van der Waals surface area contributed by atoms with Crippen molar-refractivity contribution < 1.29 is 27.5 Å². The van der Waals surface area contributed by atoms with Gasteiger partial charge in [-0.25, -0.2) is 4.79 Å². The maximum absolute atomic E-state index is 12.2. The van der Waals surface area contributed by atoms with E-state index in [4.69, 9.17) is 4.74 Å². The molecule has 1 aliphatic rings. The fourth-order valence-corrected chi connectivity index (χ4v) is 2.34. The number of carbonyl (C=O) groups is 2. The molecule has 0 atom stereocenters. The SMILES string of the molecule is CCOC(=O)N1CCc2c(cncc2C(=O)NCC(F)(F)F)C1. The quantitative estimate of drug-likeness (QED) is 0.918. The maximum atomic E-state index is 12.2. The zero-order valence-electron chi connectivity index (χ0n) is 12.4. The Morgan fingerprint density at radius 2 is 2.13 bits per heavy atom. The molecule has 1 aromatic rings. The molecule has 0 bridgehead atoms. The van der Waals surface area contributed by atoms with Gasteiger partial charge in [0.15, 0.2) is 0 Å². The average molecular weight is 331 g/mol. The molecule has 126 valence electrons. The van der Waals surface area contributed by atoms with E-state index in [9.17, 15) is 22.8 Å². The van der Waals surface area contributed by atoms with Crippen molar-refractivity contribution in [3.05, 3.63) is 29.1 Å². The van der Waals surface area contributed by atoms with Gasteiger partial charge in [0.05, 0.1) is 18.7 Å². The Kier molecular flexibility index (Phi) is 5.07. The molecular weight excluding hydrogens is 315 g/mol. The Hall–Kier alpha value is -2.32. The van der Waals surface area contributed by atoms with Crippen LogP contribution in [0, 0.1) is 0 Å². The molecule has 0 saturated carbocycles. The summed E-state index contributed by atoms with van der Waals surface area (Å²) in [6, 6.07) is 0. The van der Waals surface area contributed by atoms with E-state index in [1.165, 1.54) is 17.3 Å². The molecule has 1 aromatic heterocycles. The molecule has 0 unspecified atom stereocenters. The summed E-state index contributed by atoms with van der Waals surface area (Å²) >= 11 is 0. The van der Waals surface area contributed by atoms with Crippen LogP contribution in [-0.4, -0.2) is 47.8 Å². The highest BCUT2D eigenvalue weighted by Crippen LogP contribution is 2.22. The van der Waals surface area contributed by atoms with Crippen LogP contribution >= 0.6 is 0 Å². The Morgan fingerprint density at radius 3 is 2.78 bits per heavy atom. The molecule has 2 amide bonds. The number of amides is 2. The fourth-order valence-electron chi connectivity index (χ4n) is 2.34. The van der Waals surface area contributed by atoms with Gasteiger partial charge in [-0.15, -0.1) is 0 Å². The fraction of sp³-hybridized carbons (Fsp3) is 0.500. The van der Waals surface area contributed by atoms with Crippen molar-refractivity contribution in [2.24, 2.45) is 0 Å². The van der Waals surface area contributed by atoms with Crippen LogP contribution in [0.5, 0.6) is 0 Å². The third-order valence-corrected chi connectivity index (χ3v) is 3.36. The van der Waals surface area contributed by atoms with Crippen molar-refractivity contribution >= 4 is 12.0 Å². The predicted octanol–water partition coefficient (Wildman–Crippen LogP) is 1.89. The standard InChI is InChI=1S/C14H16F3N3O3/c1-2-23-13(22)20-4-3-10-9(7-20)5-18-6-11(10)12(21)19-8-14(15,16)17/h5-6H,2-4,7-8H2,1H3,(H,19,21). The number of fused-ring (bicyclic) bond motifs is 1. The van der Waals surface area contributed by atoms with Crippen molar-refractivity contribution in [2.45, 2.75) is 26.1 Å². The third kappa shape index (κ3) is 4.33. The van der Waals surface area contributed by atoms with E-state index in [0.717, 1.165) is 0 Å². The van der Waals surface area contributed by atoms with Gasteiger partial charge in [-0.2, -0.15) is 13.2 Å². The molecule has 0 aliphatic carbocycles. The zero-order valence-corrected chi connectivity index (χ0v) is 12.4. The van der Waals surface area contributed by atoms with E-state index >= 15 is 0 Å². The first-order valence-electron chi connectivity index (χ1n) is 7.04. The summed E-state index contributed by atoms with van der Waals surface area (Å²) in [5.41, 5.74) is 1.35. The topological polar surface area (TPSA) is 71.5 Å². The number of halogens is 3. The summed E-state index contributed by atoms with van der Waals surface area (Å²) in [7, 11) is 0. The molecule has 0 fully saturated rings. The highest BCUT2D eigenvalue weighted by molar-refractivity contribution is 5.95. The highest BCUT2D eigenvalue weighted by Gasteiger charge is 2.30. The summed E-state index contributed by atoms with van der Waals surface area (Å²) in [4.78, 5) is 29.0. The van der Waals surface area contributed by atoms with Crippen molar-refractivity contribution in [1.29, 1.82) is 0 Å². The van der Waals surface area contributed by atoms with Crippen molar-refractivity contribution in [3.8, 4) is 0 Å². The number of nitrogens with zero attached hydrogens (tertiary/aromatic N) is 2. The number of carbonyl (C=O) groups excluding carboxylic acids is 2. The number of rotatable bonds is 3. The van der Waals surface area contributed by atoms with Gasteiger partial charge in [-0.3, -0.25) is 9.78 Å². The smallest absolute Gasteiger partial charge is 0.410 e. The van der Waals surface area contributed by atoms with Gasteiger partial charge in [-0.1, -0.05) is 0 Å². The van der Waals surface area contributed by atoms with E-state index in [0.29, 0.717) is 24.1 Å². The molecule has 0 radical (unpaired) electrons. The maximum Gasteiger partial charge on any atom is 0.410 e. The summed E-state index contributed by atoms with van der Waals surface area (Å²) in [6.45, 7) is 1.09. The minimum atomic E-state index is -4.47. The summed E-state index contributed by atoms with van der Waals surface area (Å²) in [5, 5.41) is 1.83. The first kappa shape index (κ1) is 17.0. The van der Waals surface area contributed by atoms with Gasteiger partial charge in [0.25, 0.3) is 5.91 Å². The molecule has 2 heterocycles. The lowest BCUT2D eigenvalue weighted by atomic mass is 9.97. The molecule has 2 rings (SSSR count). The summed E-state index contributed by atoms with van der Waals surface area (Å²) in [6.07, 6.45) is -1.85. The van der Waals surface area contributed by atoms with Crippen LogP contribution in [0.4, 0.5) is 18.0 Å². The lowest BCUT2D eigenvalue weighted by Crippen LogP contribution is -2.38. The number of aromatic nitrogens is 1. The van der Waals surface area contributed by atoms with Crippen LogP contribution in [0.1, 0.15) is 28.4 Å². The average Bonchev–Trinajstić information content (AvgIpc) is 2.51. The van der Waals surface area contributed by atoms with Gasteiger partial charge in [0, 0.05) is 18.9 Å². The lowest BCUT2D eigenvalue weighted by Gasteiger charge is -2.28. The van der Waals surface area contributed by atoms with E-state index < -0.39 is 24.7 Å². The first-order valence-corrected chi connectivity index (χ1v) is 7.04. The number of pyridine rings is 1. The van der Waals surface area contributed by atoms with Crippen LogP contribution in [0.3, 0.4) is 0 Å². The summed E-state index contributed by atoms with van der Waals surface area (Å²) < 4.78 is 41.5. The normalized spacial score (nSPS) is 14.2. The second-order valence-electron chi connectivity index (χ2n) is 4.99. The highest BCUT2D eigenvalue weighted by atomic mass is 19.4. The lowest BCUT2D eigenvalue weighted by molar-refractivity contribution is -0.123. The number of hydrogen-bond donors (Lipinski definition) is 1. The molecule has 0 aromatic carbocycles. The van der Waals surface area contributed by atoms with E-state index in [-0.39, 0.29) is 18.7 Å². The number of alkyl halides is 3. The van der Waals surface area contributed by atoms with Crippen LogP contribution in [0.2, 0.25) is 0 Å². The van der Waals surface area contributed by atoms with Gasteiger partial charge < -0.3 is 15.0 Å². The van der Waals surface area contributed by atoms with Crippen LogP contribution in [0.25, 0.3) is 0 Å². The molecule has 0 saturated heterocycles. The Bertz CT molecular complexity index is 605. The van der Waals surface area contributed by atoms with E-state index in [1.54, 1.807) is 6.92 Å². The molecule has 9 heteroatoms. The largest absolute Gasteiger partial charge is 0.450 e. The molecule has 23 heavy (non-hydrogen) atoms. The second-order valence-corrected chi connectivity index (χ2v) is 4.99. The van der Waals surface area contributed by atoms with E-state index in [1.807, 2.05) is 5.32 Å². The van der Waals surface area contributed by atoms with Gasteiger partial charge in [-0.05, 0) is 24.5 Å². The van der Waals surface area contributed by atoms with Crippen molar-refractivity contribution in [2.75, 3.05) is 19.7 Å². The van der Waals surface area contributed by atoms with Gasteiger partial charge in [0.2, 0.25) is 0 Å². The Morgan fingerprint density at radius 1 is 1.39 bits per heavy atom. The molecule has 0 spiro atoms. The minimum Gasteiger partial charge on any atom is -0.450 e. The van der Waals surface area contributed by atoms with Crippen molar-refractivity contribution in [1.82, 2.24) is 15.2 Å². The van der Waals surface area contributed by atoms with Crippen LogP contribution in [0.15, 0.2) is 12.4 Å². The molecule has 1 N–H and O–H groups in total. The summed E-state index contributed by atoms with van der Waals surface area (Å²) in [5.74, 6) is -0.823. The van der Waals surface area contributed by atoms with E-state index in [2.05, 4.69) is 4.98 Å². The van der Waals surface area contributed by atoms with Crippen molar-refractivity contribution in [3.63, 3.8) is 0 Å². The van der Waals surface area contributed by atoms with Gasteiger partial charge in [0.1, 0.15) is 6.54 Å².